The number of hydrogen-bond donors (Lipinski definition) is 2. The first-order chi connectivity index (χ1) is 17.4. The smallest absolute Gasteiger partial charge is 0.274 e. The molecule has 0 bridgehead atoms. The van der Waals surface area contributed by atoms with Gasteiger partial charge in [-0.25, -0.2) is 18.7 Å². The van der Waals surface area contributed by atoms with E-state index in [1.54, 1.807) is 19.3 Å². The number of rotatable bonds is 6. The summed E-state index contributed by atoms with van der Waals surface area (Å²) in [5, 5.41) is 7.60. The van der Waals surface area contributed by atoms with E-state index in [-0.39, 0.29) is 34.6 Å². The highest BCUT2D eigenvalue weighted by atomic mass is 19.1. The fourth-order valence-electron chi connectivity index (χ4n) is 4.77. The lowest BCUT2D eigenvalue weighted by atomic mass is 10.1. The van der Waals surface area contributed by atoms with Crippen LogP contribution in [0.1, 0.15) is 23.3 Å². The molecule has 5 rings (SSSR count). The van der Waals surface area contributed by atoms with Gasteiger partial charge in [0.2, 0.25) is 0 Å². The molecule has 11 heteroatoms. The van der Waals surface area contributed by atoms with Gasteiger partial charge in [0.15, 0.2) is 11.6 Å². The molecule has 0 aliphatic carbocycles. The van der Waals surface area contributed by atoms with E-state index < -0.39 is 17.5 Å². The van der Waals surface area contributed by atoms with E-state index in [0.29, 0.717) is 29.7 Å². The van der Waals surface area contributed by atoms with Crippen LogP contribution in [0.2, 0.25) is 0 Å². The number of amides is 1. The maximum absolute atomic E-state index is 15.1. The van der Waals surface area contributed by atoms with E-state index >= 15 is 4.39 Å². The normalized spacial score (nSPS) is 15.5. The van der Waals surface area contributed by atoms with Gasteiger partial charge in [0.05, 0.1) is 30.2 Å². The van der Waals surface area contributed by atoms with Gasteiger partial charge in [-0.3, -0.25) is 9.48 Å². The van der Waals surface area contributed by atoms with Crippen molar-refractivity contribution in [1.29, 1.82) is 0 Å². The minimum atomic E-state index is -0.596. The first-order valence-corrected chi connectivity index (χ1v) is 11.5. The molecule has 9 nitrogen and oxygen atoms in total. The second kappa shape index (κ2) is 9.50. The van der Waals surface area contributed by atoms with E-state index in [4.69, 9.17) is 10.5 Å². The number of nitrogens with one attached hydrogen (secondary N) is 1. The van der Waals surface area contributed by atoms with Gasteiger partial charge in [-0.2, -0.15) is 5.10 Å². The Morgan fingerprint density at radius 2 is 2.11 bits per heavy atom. The van der Waals surface area contributed by atoms with Crippen molar-refractivity contribution in [2.24, 2.45) is 12.8 Å². The molecule has 2 aromatic heterocycles. The Bertz CT molecular complexity index is 1460. The summed E-state index contributed by atoms with van der Waals surface area (Å²) in [6.07, 6.45) is 4.76. The van der Waals surface area contributed by atoms with Crippen molar-refractivity contribution in [3.63, 3.8) is 0 Å². The molecule has 36 heavy (non-hydrogen) atoms. The Hall–Kier alpha value is -4.12. The average Bonchev–Trinajstić information content (AvgIpc) is 3.51. The summed E-state index contributed by atoms with van der Waals surface area (Å²) in [4.78, 5) is 23.8. The van der Waals surface area contributed by atoms with Crippen molar-refractivity contribution in [2.75, 3.05) is 30.4 Å². The topological polar surface area (TPSA) is 111 Å². The van der Waals surface area contributed by atoms with Crippen molar-refractivity contribution < 1.29 is 18.3 Å². The summed E-state index contributed by atoms with van der Waals surface area (Å²) < 4.78 is 36.4. The molecule has 1 unspecified atom stereocenters. The summed E-state index contributed by atoms with van der Waals surface area (Å²) in [6, 6.07) is 7.08. The zero-order valence-corrected chi connectivity index (χ0v) is 19.8. The number of benzene rings is 2. The molecule has 1 fully saturated rings. The third-order valence-electron chi connectivity index (χ3n) is 6.44. The number of methoxy groups -OCH3 is 1. The predicted octanol–water partition coefficient (Wildman–Crippen LogP) is 3.50. The van der Waals surface area contributed by atoms with Crippen LogP contribution in [0, 0.1) is 11.6 Å². The highest BCUT2D eigenvalue weighted by Crippen LogP contribution is 2.40. The zero-order chi connectivity index (χ0) is 25.4. The molecule has 1 aliphatic rings. The van der Waals surface area contributed by atoms with Gasteiger partial charge in [-0.05, 0) is 31.0 Å². The quantitative estimate of drug-likeness (QED) is 0.423. The minimum Gasteiger partial charge on any atom is -0.496 e. The van der Waals surface area contributed by atoms with Gasteiger partial charge >= 0.3 is 0 Å². The van der Waals surface area contributed by atoms with Gasteiger partial charge in [0, 0.05) is 43.8 Å². The summed E-state index contributed by atoms with van der Waals surface area (Å²) in [7, 11) is 3.07. The monoisotopic (exact) mass is 493 g/mol. The van der Waals surface area contributed by atoms with Crippen LogP contribution in [0.15, 0.2) is 42.7 Å². The molecule has 1 amide bonds. The van der Waals surface area contributed by atoms with Crippen molar-refractivity contribution in [2.45, 2.75) is 18.9 Å². The summed E-state index contributed by atoms with van der Waals surface area (Å²) in [5.41, 5.74) is 7.31. The molecule has 1 saturated heterocycles. The Morgan fingerprint density at radius 3 is 2.89 bits per heavy atom. The molecule has 3 N–H and O–H groups in total. The van der Waals surface area contributed by atoms with E-state index in [0.717, 1.165) is 12.8 Å². The number of carbonyl (C=O) groups excluding carboxylic acids is 1. The molecule has 0 spiro atoms. The highest BCUT2D eigenvalue weighted by Gasteiger charge is 2.30. The maximum atomic E-state index is 15.1. The van der Waals surface area contributed by atoms with Crippen molar-refractivity contribution in [3.05, 3.63) is 60.1 Å². The SMILES string of the molecule is COc1cccc(F)c1-c1nccc(C(=O)Nc2cc(F)c3c(cnn3C)c2N2CCCC2CN)n1. The first kappa shape index (κ1) is 23.6. The lowest BCUT2D eigenvalue weighted by molar-refractivity contribution is 0.102. The number of hydrogen-bond acceptors (Lipinski definition) is 7. The lowest BCUT2D eigenvalue weighted by Gasteiger charge is -2.29. The van der Waals surface area contributed by atoms with Gasteiger partial charge in [0.1, 0.15) is 22.8 Å². The van der Waals surface area contributed by atoms with Gasteiger partial charge in [0.25, 0.3) is 5.91 Å². The van der Waals surface area contributed by atoms with Crippen LogP contribution in [0.25, 0.3) is 22.3 Å². The van der Waals surface area contributed by atoms with Gasteiger partial charge in [-0.15, -0.1) is 0 Å². The Balaban J connectivity index is 1.56. The summed E-state index contributed by atoms with van der Waals surface area (Å²) >= 11 is 0. The van der Waals surface area contributed by atoms with Crippen LogP contribution >= 0.6 is 0 Å². The molecular formula is C25H25F2N7O2. The van der Waals surface area contributed by atoms with Crippen LogP contribution < -0.4 is 20.7 Å². The van der Waals surface area contributed by atoms with Crippen LogP contribution in [-0.4, -0.2) is 51.9 Å². The molecule has 0 saturated carbocycles. The highest BCUT2D eigenvalue weighted by molar-refractivity contribution is 6.09. The largest absolute Gasteiger partial charge is 0.496 e. The maximum Gasteiger partial charge on any atom is 0.274 e. The van der Waals surface area contributed by atoms with Crippen LogP contribution in [-0.2, 0) is 7.05 Å². The third-order valence-corrected chi connectivity index (χ3v) is 6.44. The van der Waals surface area contributed by atoms with E-state index in [1.807, 2.05) is 0 Å². The van der Waals surface area contributed by atoms with Crippen molar-refractivity contribution >= 4 is 28.2 Å². The standard InChI is InChI=1S/C25H25F2N7O2/c1-33-22-15(13-30-33)23(34-10-4-5-14(34)12-28)19(11-17(22)27)32-25(35)18-8-9-29-24(31-18)21-16(26)6-3-7-20(21)36-2/h3,6-9,11,13-14H,4-5,10,12,28H2,1-2H3,(H,32,35). The number of fused-ring (bicyclic) bond motifs is 1. The number of halogens is 2. The predicted molar refractivity (Wildman–Crippen MR) is 132 cm³/mol. The first-order valence-electron chi connectivity index (χ1n) is 11.5. The third kappa shape index (κ3) is 4.01. The zero-order valence-electron chi connectivity index (χ0n) is 19.8. The lowest BCUT2D eigenvalue weighted by Crippen LogP contribution is -2.36. The van der Waals surface area contributed by atoms with Crippen LogP contribution in [0.4, 0.5) is 20.2 Å². The van der Waals surface area contributed by atoms with Crippen LogP contribution in [0.5, 0.6) is 5.75 Å². The Labute approximate surface area is 205 Å². The molecule has 0 radical (unpaired) electrons. The molecule has 2 aromatic carbocycles. The number of ether oxygens (including phenoxy) is 1. The molecule has 3 heterocycles. The van der Waals surface area contributed by atoms with Crippen molar-refractivity contribution in [1.82, 2.24) is 19.7 Å². The molecule has 1 atom stereocenters. The summed E-state index contributed by atoms with van der Waals surface area (Å²) in [6.45, 7) is 1.14. The number of anilines is 2. The van der Waals surface area contributed by atoms with Gasteiger partial charge < -0.3 is 20.7 Å². The molecule has 1 aliphatic heterocycles. The van der Waals surface area contributed by atoms with E-state index in [9.17, 15) is 9.18 Å². The average molecular weight is 494 g/mol. The fourth-order valence-corrected chi connectivity index (χ4v) is 4.77. The second-order valence-corrected chi connectivity index (χ2v) is 8.55. The van der Waals surface area contributed by atoms with Crippen molar-refractivity contribution in [3.8, 4) is 17.1 Å². The number of aryl methyl sites for hydroxylation is 1. The second-order valence-electron chi connectivity index (χ2n) is 8.55. The number of aromatic nitrogens is 4. The summed E-state index contributed by atoms with van der Waals surface area (Å²) in [5.74, 6) is -1.47. The Morgan fingerprint density at radius 1 is 1.28 bits per heavy atom. The van der Waals surface area contributed by atoms with E-state index in [2.05, 4.69) is 25.3 Å². The number of nitrogens with two attached hydrogens (primary N) is 1. The minimum absolute atomic E-state index is 0.00514. The molecule has 4 aromatic rings. The number of nitrogens with zero attached hydrogens (tertiary/aromatic N) is 5. The van der Waals surface area contributed by atoms with E-state index in [1.165, 1.54) is 42.3 Å². The Kier molecular flexibility index (Phi) is 6.23. The fraction of sp³-hybridized carbons (Fsp3) is 0.280. The van der Waals surface area contributed by atoms with Crippen LogP contribution in [0.3, 0.4) is 0 Å². The molecule has 186 valence electrons. The number of carbonyl (C=O) groups is 1. The van der Waals surface area contributed by atoms with Gasteiger partial charge in [-0.1, -0.05) is 6.07 Å². The molecular weight excluding hydrogens is 468 g/mol.